The van der Waals surface area contributed by atoms with E-state index >= 15 is 0 Å². The zero-order valence-electron chi connectivity index (χ0n) is 12.0. The molecule has 3 N–H and O–H groups in total. The molecular weight excluding hydrogens is 260 g/mol. The van der Waals surface area contributed by atoms with Gasteiger partial charge in [-0.05, 0) is 38.7 Å². The molecule has 0 unspecified atom stereocenters. The summed E-state index contributed by atoms with van der Waals surface area (Å²) in [5, 5.41) is 7.16. The molecule has 0 radical (unpaired) electrons. The molecular formula is C13H24N4OS. The Labute approximate surface area is 119 Å². The van der Waals surface area contributed by atoms with E-state index in [0.29, 0.717) is 5.69 Å². The van der Waals surface area contributed by atoms with Crippen molar-refractivity contribution in [2.75, 3.05) is 24.3 Å². The second-order valence-corrected chi connectivity index (χ2v) is 5.63. The highest BCUT2D eigenvalue weighted by molar-refractivity contribution is 7.98. The first kappa shape index (κ1) is 15.9. The minimum Gasteiger partial charge on any atom is -0.396 e. The monoisotopic (exact) mass is 284 g/mol. The van der Waals surface area contributed by atoms with Crippen molar-refractivity contribution in [3.05, 3.63) is 11.4 Å². The summed E-state index contributed by atoms with van der Waals surface area (Å²) < 4.78 is 1.66. The summed E-state index contributed by atoms with van der Waals surface area (Å²) in [6, 6.07) is 0. The Morgan fingerprint density at radius 1 is 1.37 bits per heavy atom. The minimum atomic E-state index is -0.00420. The largest absolute Gasteiger partial charge is 0.396 e. The van der Waals surface area contributed by atoms with E-state index in [1.807, 2.05) is 25.6 Å². The van der Waals surface area contributed by atoms with E-state index in [9.17, 15) is 4.79 Å². The molecule has 0 bridgehead atoms. The number of nitrogens with two attached hydrogens (primary N) is 1. The first-order valence-corrected chi connectivity index (χ1v) is 8.00. The number of unbranched alkanes of at least 4 members (excludes halogenated alkanes) is 2. The first-order chi connectivity index (χ1) is 9.06. The summed E-state index contributed by atoms with van der Waals surface area (Å²) in [6.45, 7) is 4.71. The normalized spacial score (nSPS) is 10.7. The average Bonchev–Trinajstić information content (AvgIpc) is 2.61. The molecule has 0 spiro atoms. The molecule has 0 saturated heterocycles. The smallest absolute Gasteiger partial charge is 0.241 e. The molecule has 0 atom stereocenters. The van der Waals surface area contributed by atoms with Gasteiger partial charge in [-0.2, -0.15) is 16.9 Å². The maximum atomic E-state index is 11.8. The Hall–Kier alpha value is -1.17. The minimum absolute atomic E-state index is 0.00420. The van der Waals surface area contributed by atoms with E-state index in [1.165, 1.54) is 12.2 Å². The molecule has 0 aromatic carbocycles. The topological polar surface area (TPSA) is 72.9 Å². The van der Waals surface area contributed by atoms with Gasteiger partial charge in [0.15, 0.2) is 0 Å². The molecule has 0 aliphatic rings. The molecule has 0 aliphatic carbocycles. The van der Waals surface area contributed by atoms with Crippen molar-refractivity contribution in [1.29, 1.82) is 0 Å². The van der Waals surface area contributed by atoms with Crippen molar-refractivity contribution in [2.24, 2.45) is 0 Å². The standard InChI is InChI=1S/C13H24N4OS/c1-10-13(14)11(2)17(16-10)9-12(18)15-7-5-4-6-8-19-3/h4-9,14H2,1-3H3,(H,15,18). The number of nitrogens with zero attached hydrogens (tertiary/aromatic N) is 2. The van der Waals surface area contributed by atoms with Crippen LogP contribution in [-0.4, -0.2) is 34.2 Å². The predicted octanol–water partition coefficient (Wildman–Crippen LogP) is 1.73. The molecule has 1 amide bonds. The summed E-state index contributed by atoms with van der Waals surface area (Å²) >= 11 is 1.86. The lowest BCUT2D eigenvalue weighted by atomic mass is 10.2. The van der Waals surface area contributed by atoms with Crippen LogP contribution in [0.15, 0.2) is 0 Å². The zero-order chi connectivity index (χ0) is 14.3. The number of amides is 1. The Morgan fingerprint density at radius 3 is 2.68 bits per heavy atom. The Morgan fingerprint density at radius 2 is 2.11 bits per heavy atom. The number of rotatable bonds is 8. The van der Waals surface area contributed by atoms with Crippen LogP contribution in [0.25, 0.3) is 0 Å². The van der Waals surface area contributed by atoms with Gasteiger partial charge in [-0.25, -0.2) is 0 Å². The van der Waals surface area contributed by atoms with Crippen molar-refractivity contribution in [1.82, 2.24) is 15.1 Å². The third kappa shape index (κ3) is 5.14. The van der Waals surface area contributed by atoms with Gasteiger partial charge in [0.05, 0.1) is 17.1 Å². The average molecular weight is 284 g/mol. The van der Waals surface area contributed by atoms with E-state index in [4.69, 9.17) is 5.73 Å². The predicted molar refractivity (Wildman–Crippen MR) is 81.4 cm³/mol. The molecule has 108 valence electrons. The highest BCUT2D eigenvalue weighted by Gasteiger charge is 2.10. The van der Waals surface area contributed by atoms with E-state index in [2.05, 4.69) is 16.7 Å². The van der Waals surface area contributed by atoms with Crippen LogP contribution in [0.1, 0.15) is 30.7 Å². The molecule has 1 heterocycles. The van der Waals surface area contributed by atoms with Gasteiger partial charge < -0.3 is 11.1 Å². The maximum Gasteiger partial charge on any atom is 0.241 e. The van der Waals surface area contributed by atoms with Gasteiger partial charge in [0.2, 0.25) is 5.91 Å². The summed E-state index contributed by atoms with van der Waals surface area (Å²) in [5.74, 6) is 1.19. The van der Waals surface area contributed by atoms with E-state index in [0.717, 1.165) is 30.8 Å². The van der Waals surface area contributed by atoms with Gasteiger partial charge in [0, 0.05) is 6.54 Å². The number of nitrogen functional groups attached to an aromatic ring is 1. The van der Waals surface area contributed by atoms with Crippen LogP contribution in [0.4, 0.5) is 5.69 Å². The lowest BCUT2D eigenvalue weighted by Crippen LogP contribution is -2.29. The number of carbonyl (C=O) groups is 1. The number of hydrogen-bond acceptors (Lipinski definition) is 4. The second-order valence-electron chi connectivity index (χ2n) is 4.65. The molecule has 1 rings (SSSR count). The van der Waals surface area contributed by atoms with Crippen LogP contribution < -0.4 is 11.1 Å². The van der Waals surface area contributed by atoms with Gasteiger partial charge in [0.1, 0.15) is 6.54 Å². The van der Waals surface area contributed by atoms with Crippen LogP contribution in [0, 0.1) is 13.8 Å². The number of thioether (sulfide) groups is 1. The third-order valence-electron chi connectivity index (χ3n) is 3.08. The number of nitrogens with one attached hydrogen (secondary N) is 1. The zero-order valence-corrected chi connectivity index (χ0v) is 12.8. The van der Waals surface area contributed by atoms with Crippen molar-refractivity contribution >= 4 is 23.4 Å². The van der Waals surface area contributed by atoms with E-state index in [1.54, 1.807) is 4.68 Å². The van der Waals surface area contributed by atoms with Crippen LogP contribution >= 0.6 is 11.8 Å². The van der Waals surface area contributed by atoms with Gasteiger partial charge in [-0.15, -0.1) is 0 Å². The lowest BCUT2D eigenvalue weighted by molar-refractivity contribution is -0.121. The lowest BCUT2D eigenvalue weighted by Gasteiger charge is -2.06. The molecule has 1 aromatic rings. The molecule has 0 saturated carbocycles. The van der Waals surface area contributed by atoms with Gasteiger partial charge in [-0.3, -0.25) is 9.48 Å². The number of hydrogen-bond donors (Lipinski definition) is 2. The number of aryl methyl sites for hydroxylation is 1. The van der Waals surface area contributed by atoms with Gasteiger partial charge in [-0.1, -0.05) is 6.42 Å². The third-order valence-corrected chi connectivity index (χ3v) is 3.78. The van der Waals surface area contributed by atoms with Crippen molar-refractivity contribution in [3.8, 4) is 0 Å². The second kappa shape index (κ2) is 8.09. The fourth-order valence-electron chi connectivity index (χ4n) is 1.83. The van der Waals surface area contributed by atoms with Gasteiger partial charge >= 0.3 is 0 Å². The maximum absolute atomic E-state index is 11.8. The van der Waals surface area contributed by atoms with Crippen LogP contribution in [-0.2, 0) is 11.3 Å². The fourth-order valence-corrected chi connectivity index (χ4v) is 2.33. The summed E-state index contributed by atoms with van der Waals surface area (Å²) in [5.41, 5.74) is 8.13. The fraction of sp³-hybridized carbons (Fsp3) is 0.692. The summed E-state index contributed by atoms with van der Waals surface area (Å²) in [7, 11) is 0. The number of aromatic nitrogens is 2. The molecule has 19 heavy (non-hydrogen) atoms. The molecule has 6 heteroatoms. The number of anilines is 1. The van der Waals surface area contributed by atoms with E-state index < -0.39 is 0 Å². The summed E-state index contributed by atoms with van der Waals surface area (Å²) in [6.07, 6.45) is 5.52. The molecule has 0 aliphatic heterocycles. The van der Waals surface area contributed by atoms with Crippen LogP contribution in [0.5, 0.6) is 0 Å². The van der Waals surface area contributed by atoms with Gasteiger partial charge in [0.25, 0.3) is 0 Å². The van der Waals surface area contributed by atoms with Crippen molar-refractivity contribution in [2.45, 2.75) is 39.7 Å². The number of carbonyl (C=O) groups excluding carboxylic acids is 1. The summed E-state index contributed by atoms with van der Waals surface area (Å²) in [4.78, 5) is 11.8. The van der Waals surface area contributed by atoms with Crippen LogP contribution in [0.3, 0.4) is 0 Å². The van der Waals surface area contributed by atoms with Crippen molar-refractivity contribution in [3.63, 3.8) is 0 Å². The van der Waals surface area contributed by atoms with E-state index in [-0.39, 0.29) is 12.5 Å². The highest BCUT2D eigenvalue weighted by Crippen LogP contribution is 2.14. The Kier molecular flexibility index (Phi) is 6.77. The highest BCUT2D eigenvalue weighted by atomic mass is 32.2. The SMILES string of the molecule is CSCCCCCNC(=O)Cn1nc(C)c(N)c1C. The quantitative estimate of drug-likeness (QED) is 0.713. The van der Waals surface area contributed by atoms with Crippen LogP contribution in [0.2, 0.25) is 0 Å². The van der Waals surface area contributed by atoms with Crippen molar-refractivity contribution < 1.29 is 4.79 Å². The molecule has 1 aromatic heterocycles. The first-order valence-electron chi connectivity index (χ1n) is 6.61. The molecule has 0 fully saturated rings. The Balaban J connectivity index is 2.26. The molecule has 5 nitrogen and oxygen atoms in total. The Bertz CT molecular complexity index is 417.